The van der Waals surface area contributed by atoms with Crippen LogP contribution in [-0.4, -0.2) is 34.1 Å². The van der Waals surface area contributed by atoms with E-state index in [0.717, 1.165) is 11.4 Å². The molecule has 4 aromatic rings. The number of esters is 1. The molecule has 0 fully saturated rings. The van der Waals surface area contributed by atoms with Crippen LogP contribution in [-0.2, 0) is 9.53 Å². The largest absolute Gasteiger partial charge is 0.490 e. The van der Waals surface area contributed by atoms with Crippen molar-refractivity contribution in [2.75, 3.05) is 29.2 Å². The van der Waals surface area contributed by atoms with E-state index in [9.17, 15) is 4.79 Å². The van der Waals surface area contributed by atoms with Crippen molar-refractivity contribution in [3.63, 3.8) is 0 Å². The van der Waals surface area contributed by atoms with E-state index < -0.39 is 5.97 Å². The fourth-order valence-corrected chi connectivity index (χ4v) is 3.05. The van der Waals surface area contributed by atoms with Gasteiger partial charge in [0.1, 0.15) is 19.0 Å². The van der Waals surface area contributed by atoms with Crippen molar-refractivity contribution in [3.8, 4) is 5.75 Å². The fraction of sp³-hybridized carbons (Fsp3) is 0.111. The number of nitrogens with one attached hydrogen (secondary N) is 3. The number of hydrogen-bond donors (Lipinski definition) is 3. The Bertz CT molecular complexity index is 1260. The van der Waals surface area contributed by atoms with E-state index in [0.29, 0.717) is 34.9 Å². The molecule has 4 rings (SSSR count). The van der Waals surface area contributed by atoms with Gasteiger partial charge in [0, 0.05) is 28.7 Å². The van der Waals surface area contributed by atoms with Crippen LogP contribution in [0.2, 0.25) is 0 Å². The van der Waals surface area contributed by atoms with Crippen LogP contribution in [0.25, 0.3) is 0 Å². The van der Waals surface area contributed by atoms with Crippen molar-refractivity contribution in [3.05, 3.63) is 97.1 Å². The Labute approximate surface area is 209 Å². The Morgan fingerprint density at radius 2 is 1.22 bits per heavy atom. The second-order valence-corrected chi connectivity index (χ2v) is 7.71. The lowest BCUT2D eigenvalue weighted by Gasteiger charge is -2.12. The Kier molecular flexibility index (Phi) is 8.06. The van der Waals surface area contributed by atoms with Crippen molar-refractivity contribution in [1.82, 2.24) is 15.0 Å². The summed E-state index contributed by atoms with van der Waals surface area (Å²) in [5, 5.41) is 9.61. The van der Waals surface area contributed by atoms with E-state index in [4.69, 9.17) is 9.47 Å². The zero-order chi connectivity index (χ0) is 25.2. The standard InChI is InChI=1S/C27H26N6O3/c1-19(2)24(34)36-17-16-35-23-15-9-14-22(18-23)30-27-32-25(28-20-10-5-3-6-11-20)31-26(33-27)29-21-12-7-4-8-13-21/h3-15,18H,1,16-17H2,2H3,(H3,28,29,30,31,32,33). The normalized spacial score (nSPS) is 10.2. The molecule has 1 heterocycles. The summed E-state index contributed by atoms with van der Waals surface area (Å²) < 4.78 is 10.8. The molecule has 0 aliphatic rings. The second kappa shape index (κ2) is 12.0. The Balaban J connectivity index is 1.48. The minimum atomic E-state index is -0.441. The van der Waals surface area contributed by atoms with E-state index in [1.54, 1.807) is 13.0 Å². The summed E-state index contributed by atoms with van der Waals surface area (Å²) in [5.74, 6) is 1.26. The Morgan fingerprint density at radius 3 is 1.75 bits per heavy atom. The summed E-state index contributed by atoms with van der Waals surface area (Å²) >= 11 is 0. The first kappa shape index (κ1) is 24.2. The van der Waals surface area contributed by atoms with Crippen molar-refractivity contribution in [1.29, 1.82) is 0 Å². The summed E-state index contributed by atoms with van der Waals surface area (Å²) in [4.78, 5) is 25.0. The monoisotopic (exact) mass is 482 g/mol. The molecule has 0 aliphatic heterocycles. The van der Waals surface area contributed by atoms with Crippen LogP contribution in [0.4, 0.5) is 34.9 Å². The number of rotatable bonds is 11. The minimum Gasteiger partial charge on any atom is -0.490 e. The van der Waals surface area contributed by atoms with Crippen LogP contribution in [0.15, 0.2) is 97.1 Å². The first-order valence-corrected chi connectivity index (χ1v) is 11.3. The summed E-state index contributed by atoms with van der Waals surface area (Å²) in [7, 11) is 0. The van der Waals surface area contributed by atoms with Crippen LogP contribution in [0.1, 0.15) is 6.92 Å². The van der Waals surface area contributed by atoms with Crippen molar-refractivity contribution in [2.24, 2.45) is 0 Å². The van der Waals surface area contributed by atoms with Gasteiger partial charge in [-0.2, -0.15) is 15.0 Å². The van der Waals surface area contributed by atoms with Crippen LogP contribution in [0.3, 0.4) is 0 Å². The van der Waals surface area contributed by atoms with Crippen molar-refractivity contribution >= 4 is 40.9 Å². The van der Waals surface area contributed by atoms with E-state index in [1.165, 1.54) is 0 Å². The first-order valence-electron chi connectivity index (χ1n) is 11.3. The molecule has 0 saturated heterocycles. The lowest BCUT2D eigenvalue weighted by Crippen LogP contribution is -2.12. The average molecular weight is 483 g/mol. The molecule has 36 heavy (non-hydrogen) atoms. The summed E-state index contributed by atoms with van der Waals surface area (Å²) in [5.41, 5.74) is 2.76. The third-order valence-corrected chi connectivity index (χ3v) is 4.72. The molecule has 0 amide bonds. The van der Waals surface area contributed by atoms with Gasteiger partial charge in [0.05, 0.1) is 0 Å². The summed E-state index contributed by atoms with van der Waals surface area (Å²) in [6.45, 7) is 5.49. The van der Waals surface area contributed by atoms with Crippen molar-refractivity contribution in [2.45, 2.75) is 6.92 Å². The number of carbonyl (C=O) groups is 1. The lowest BCUT2D eigenvalue weighted by molar-refractivity contribution is -0.139. The molecular weight excluding hydrogens is 456 g/mol. The molecule has 0 spiro atoms. The number of hydrogen-bond acceptors (Lipinski definition) is 9. The highest BCUT2D eigenvalue weighted by Gasteiger charge is 2.09. The highest BCUT2D eigenvalue weighted by atomic mass is 16.6. The van der Waals surface area contributed by atoms with Gasteiger partial charge in [-0.25, -0.2) is 4.79 Å². The average Bonchev–Trinajstić information content (AvgIpc) is 2.88. The maximum Gasteiger partial charge on any atom is 0.333 e. The molecule has 182 valence electrons. The molecule has 0 bridgehead atoms. The number of ether oxygens (including phenoxy) is 2. The number of carbonyl (C=O) groups excluding carboxylic acids is 1. The van der Waals surface area contributed by atoms with Gasteiger partial charge in [0.15, 0.2) is 0 Å². The molecule has 0 radical (unpaired) electrons. The maximum atomic E-state index is 11.5. The number of benzene rings is 3. The molecule has 3 aromatic carbocycles. The maximum absolute atomic E-state index is 11.5. The quantitative estimate of drug-likeness (QED) is 0.143. The SMILES string of the molecule is C=C(C)C(=O)OCCOc1cccc(Nc2nc(Nc3ccccc3)nc(Nc3ccccc3)n2)c1. The Hall–Kier alpha value is -4.92. The van der Waals surface area contributed by atoms with Gasteiger partial charge in [-0.15, -0.1) is 0 Å². The third-order valence-electron chi connectivity index (χ3n) is 4.72. The van der Waals surface area contributed by atoms with Gasteiger partial charge in [-0.05, 0) is 43.3 Å². The molecule has 9 nitrogen and oxygen atoms in total. The fourth-order valence-electron chi connectivity index (χ4n) is 3.05. The molecule has 0 atom stereocenters. The predicted molar refractivity (Wildman–Crippen MR) is 140 cm³/mol. The molecule has 0 aliphatic carbocycles. The summed E-state index contributed by atoms with van der Waals surface area (Å²) in [6.07, 6.45) is 0. The number of anilines is 6. The summed E-state index contributed by atoms with van der Waals surface area (Å²) in [6, 6.07) is 26.6. The van der Waals surface area contributed by atoms with Gasteiger partial charge in [-0.1, -0.05) is 49.0 Å². The van der Waals surface area contributed by atoms with Gasteiger partial charge < -0.3 is 25.4 Å². The lowest BCUT2D eigenvalue weighted by atomic mass is 10.3. The van der Waals surface area contributed by atoms with Gasteiger partial charge >= 0.3 is 5.97 Å². The van der Waals surface area contributed by atoms with E-state index in [1.807, 2.05) is 78.9 Å². The topological polar surface area (TPSA) is 110 Å². The molecule has 1 aromatic heterocycles. The number of para-hydroxylation sites is 2. The minimum absolute atomic E-state index is 0.125. The van der Waals surface area contributed by atoms with Gasteiger partial charge in [0.25, 0.3) is 0 Å². The predicted octanol–water partition coefficient (Wildman–Crippen LogP) is 5.60. The van der Waals surface area contributed by atoms with E-state index in [-0.39, 0.29) is 13.2 Å². The second-order valence-electron chi connectivity index (χ2n) is 7.71. The molecule has 9 heteroatoms. The molecule has 0 unspecified atom stereocenters. The van der Waals surface area contributed by atoms with Gasteiger partial charge in [-0.3, -0.25) is 0 Å². The van der Waals surface area contributed by atoms with Crippen LogP contribution in [0, 0.1) is 0 Å². The Morgan fingerprint density at radius 1 is 0.722 bits per heavy atom. The highest BCUT2D eigenvalue weighted by Crippen LogP contribution is 2.23. The molecular formula is C27H26N6O3. The zero-order valence-corrected chi connectivity index (χ0v) is 19.8. The third kappa shape index (κ3) is 7.29. The van der Waals surface area contributed by atoms with Gasteiger partial charge in [0.2, 0.25) is 17.8 Å². The number of nitrogens with zero attached hydrogens (tertiary/aromatic N) is 3. The van der Waals surface area contributed by atoms with Crippen LogP contribution >= 0.6 is 0 Å². The molecule has 0 saturated carbocycles. The molecule has 3 N–H and O–H groups in total. The van der Waals surface area contributed by atoms with Crippen LogP contribution < -0.4 is 20.7 Å². The highest BCUT2D eigenvalue weighted by molar-refractivity contribution is 5.86. The number of aromatic nitrogens is 3. The first-order chi connectivity index (χ1) is 17.5. The van der Waals surface area contributed by atoms with E-state index in [2.05, 4.69) is 37.5 Å². The van der Waals surface area contributed by atoms with Crippen molar-refractivity contribution < 1.29 is 14.3 Å². The van der Waals surface area contributed by atoms with E-state index >= 15 is 0 Å². The van der Waals surface area contributed by atoms with Crippen LogP contribution in [0.5, 0.6) is 5.75 Å². The zero-order valence-electron chi connectivity index (χ0n) is 19.8. The smallest absolute Gasteiger partial charge is 0.333 e.